The van der Waals surface area contributed by atoms with E-state index in [0.29, 0.717) is 10.6 Å². The van der Waals surface area contributed by atoms with Gasteiger partial charge >= 0.3 is 0 Å². The third-order valence-corrected chi connectivity index (χ3v) is 8.42. The van der Waals surface area contributed by atoms with Crippen LogP contribution in [0.3, 0.4) is 0 Å². The topological polar surface area (TPSA) is 63.4 Å². The first-order valence-electron chi connectivity index (χ1n) is 7.77. The lowest BCUT2D eigenvalue weighted by Gasteiger charge is -2.35. The zero-order chi connectivity index (χ0) is 18.1. The molecule has 0 heterocycles. The molecule has 0 saturated carbocycles. The molecule has 4 nitrogen and oxygen atoms in total. The summed E-state index contributed by atoms with van der Waals surface area (Å²) in [6.07, 6.45) is 0.720. The Labute approximate surface area is 148 Å². The summed E-state index contributed by atoms with van der Waals surface area (Å²) < 4.78 is 0. The third kappa shape index (κ3) is 4.04. The van der Waals surface area contributed by atoms with Gasteiger partial charge in [-0.1, -0.05) is 49.7 Å². The second kappa shape index (κ2) is 6.67. The van der Waals surface area contributed by atoms with Crippen molar-refractivity contribution in [1.29, 1.82) is 0 Å². The number of benzene rings is 2. The van der Waals surface area contributed by atoms with Gasteiger partial charge in [-0.05, 0) is 47.8 Å². The summed E-state index contributed by atoms with van der Waals surface area (Å²) in [6.45, 7) is 8.00. The molecule has 2 aromatic carbocycles. The number of hydrogen-bond acceptors (Lipinski definition) is 3. The van der Waals surface area contributed by atoms with E-state index in [1.165, 1.54) is 6.07 Å². The minimum atomic E-state index is -2.33. The Hall–Kier alpha value is -1.69. The van der Waals surface area contributed by atoms with Gasteiger partial charge in [0.05, 0.1) is 10.5 Å². The van der Waals surface area contributed by atoms with Gasteiger partial charge in [0, 0.05) is 11.1 Å². The van der Waals surface area contributed by atoms with Crippen molar-refractivity contribution < 1.29 is 9.72 Å². The lowest BCUT2D eigenvalue weighted by Crippen LogP contribution is -2.40. The number of nitro benzene ring substituents is 1. The van der Waals surface area contributed by atoms with E-state index in [0.717, 1.165) is 17.5 Å². The minimum absolute atomic E-state index is 0.00391. The van der Waals surface area contributed by atoms with Crippen molar-refractivity contribution in [3.63, 3.8) is 0 Å². The van der Waals surface area contributed by atoms with Crippen molar-refractivity contribution in [2.75, 3.05) is 0 Å². The van der Waals surface area contributed by atoms with E-state index in [1.54, 1.807) is 12.1 Å². The highest BCUT2D eigenvalue weighted by atomic mass is 35.5. The van der Waals surface area contributed by atoms with Gasteiger partial charge in [0.2, 0.25) is 0 Å². The number of nitrogens with zero attached hydrogens (tertiary/aromatic N) is 1. The zero-order valence-electron chi connectivity index (χ0n) is 14.3. The predicted octanol–water partition coefficient (Wildman–Crippen LogP) is 5.44. The summed E-state index contributed by atoms with van der Waals surface area (Å²) in [5.41, 5.74) is 2.38. The Morgan fingerprint density at radius 3 is 2.46 bits per heavy atom. The van der Waals surface area contributed by atoms with Gasteiger partial charge in [-0.2, -0.15) is 0 Å². The fourth-order valence-corrected chi connectivity index (χ4v) is 3.28. The fraction of sp³-hybridized carbons (Fsp3) is 0.333. The van der Waals surface area contributed by atoms with Crippen molar-refractivity contribution in [2.45, 2.75) is 38.4 Å². The summed E-state index contributed by atoms with van der Waals surface area (Å²) in [4.78, 5) is 21.4. The monoisotopic (exact) mass is 363 g/mol. The summed E-state index contributed by atoms with van der Waals surface area (Å²) >= 11 is 5.89. The Bertz CT molecular complexity index is 769. The molecule has 0 aliphatic carbocycles. The molecule has 2 aromatic rings. The van der Waals surface area contributed by atoms with Crippen molar-refractivity contribution in [3.8, 4) is 11.1 Å². The molecule has 0 aliphatic rings. The van der Waals surface area contributed by atoms with Gasteiger partial charge in [-0.25, -0.2) is 0 Å². The van der Waals surface area contributed by atoms with Crippen LogP contribution >= 0.6 is 11.6 Å². The van der Waals surface area contributed by atoms with Crippen LogP contribution in [-0.2, 0) is 6.42 Å². The highest BCUT2D eigenvalue weighted by Crippen LogP contribution is 2.40. The lowest BCUT2D eigenvalue weighted by molar-refractivity contribution is -0.384. The molecule has 6 heteroatoms. The average molecular weight is 364 g/mol. The number of nitro groups is 1. The van der Waals surface area contributed by atoms with E-state index in [-0.39, 0.29) is 10.7 Å². The highest BCUT2D eigenvalue weighted by molar-refractivity contribution is 6.72. The Balaban J connectivity index is 2.44. The van der Waals surface area contributed by atoms with Crippen LogP contribution in [0.25, 0.3) is 11.1 Å². The van der Waals surface area contributed by atoms with E-state index in [2.05, 4.69) is 13.8 Å². The minimum Gasteiger partial charge on any atom is -0.432 e. The first kappa shape index (κ1) is 18.6. The van der Waals surface area contributed by atoms with E-state index < -0.39 is 13.2 Å². The van der Waals surface area contributed by atoms with Crippen LogP contribution in [0, 0.1) is 10.1 Å². The molecule has 0 atom stereocenters. The SMILES string of the molecule is CC(C)(Cc1cccc(-c2ccc(Cl)cc2[N+](=O)[O-])c1)[Si](C)(C)O. The second-order valence-electron chi connectivity index (χ2n) is 7.24. The maximum Gasteiger partial charge on any atom is 0.278 e. The van der Waals surface area contributed by atoms with E-state index in [9.17, 15) is 14.9 Å². The van der Waals surface area contributed by atoms with Crippen molar-refractivity contribution in [1.82, 2.24) is 0 Å². The molecule has 0 amide bonds. The van der Waals surface area contributed by atoms with Crippen molar-refractivity contribution in [3.05, 3.63) is 63.2 Å². The Morgan fingerprint density at radius 1 is 1.21 bits per heavy atom. The number of halogens is 1. The molecule has 1 N–H and O–H groups in total. The molecule has 0 spiro atoms. The van der Waals surface area contributed by atoms with Crippen LogP contribution in [0.4, 0.5) is 5.69 Å². The molecule has 0 bridgehead atoms. The Morgan fingerprint density at radius 2 is 1.88 bits per heavy atom. The summed E-state index contributed by atoms with van der Waals surface area (Å²) in [7, 11) is -2.33. The average Bonchev–Trinajstić information content (AvgIpc) is 2.45. The molecule has 24 heavy (non-hydrogen) atoms. The summed E-state index contributed by atoms with van der Waals surface area (Å²) in [5, 5.41) is 11.5. The first-order valence-corrected chi connectivity index (χ1v) is 11.1. The van der Waals surface area contributed by atoms with Crippen LogP contribution < -0.4 is 0 Å². The Kier molecular flexibility index (Phi) is 5.18. The summed E-state index contributed by atoms with van der Waals surface area (Å²) in [6, 6.07) is 12.4. The van der Waals surface area contributed by atoms with Crippen LogP contribution in [0.1, 0.15) is 19.4 Å². The van der Waals surface area contributed by atoms with Crippen LogP contribution in [0.2, 0.25) is 23.2 Å². The molecule has 0 aliphatic heterocycles. The van der Waals surface area contributed by atoms with Crippen molar-refractivity contribution >= 4 is 25.6 Å². The largest absolute Gasteiger partial charge is 0.432 e. The zero-order valence-corrected chi connectivity index (χ0v) is 16.1. The van der Waals surface area contributed by atoms with E-state index in [1.807, 2.05) is 37.4 Å². The van der Waals surface area contributed by atoms with Gasteiger partial charge in [0.15, 0.2) is 8.32 Å². The fourth-order valence-electron chi connectivity index (χ4n) is 2.48. The second-order valence-corrected chi connectivity index (χ2v) is 12.1. The quantitative estimate of drug-likeness (QED) is 0.437. The van der Waals surface area contributed by atoms with Gasteiger partial charge in [0.1, 0.15) is 0 Å². The molecule has 0 fully saturated rings. The molecular formula is C18H22ClNO3Si. The molecule has 0 unspecified atom stereocenters. The van der Waals surface area contributed by atoms with Gasteiger partial charge in [-0.15, -0.1) is 0 Å². The number of rotatable bonds is 5. The van der Waals surface area contributed by atoms with Gasteiger partial charge in [-0.3, -0.25) is 10.1 Å². The standard InChI is InChI=1S/C18H22ClNO3Si/c1-18(2,24(3,4)23)12-13-6-5-7-14(10-13)16-9-8-15(19)11-17(16)20(21)22/h5-11,23H,12H2,1-4H3. The van der Waals surface area contributed by atoms with Crippen LogP contribution in [-0.4, -0.2) is 18.0 Å². The highest BCUT2D eigenvalue weighted by Gasteiger charge is 2.37. The number of hydrogen-bond donors (Lipinski definition) is 1. The molecule has 2 rings (SSSR count). The van der Waals surface area contributed by atoms with E-state index >= 15 is 0 Å². The molecule has 0 saturated heterocycles. The maximum absolute atomic E-state index is 11.3. The molecule has 128 valence electrons. The first-order chi connectivity index (χ1) is 11.0. The van der Waals surface area contributed by atoms with Crippen LogP contribution in [0.5, 0.6) is 0 Å². The van der Waals surface area contributed by atoms with Crippen LogP contribution in [0.15, 0.2) is 42.5 Å². The third-order valence-electron chi connectivity index (χ3n) is 4.70. The van der Waals surface area contributed by atoms with Gasteiger partial charge < -0.3 is 4.80 Å². The molecule has 0 radical (unpaired) electrons. The maximum atomic E-state index is 11.3. The molecular weight excluding hydrogens is 342 g/mol. The normalized spacial score (nSPS) is 12.2. The van der Waals surface area contributed by atoms with Crippen molar-refractivity contribution in [2.24, 2.45) is 0 Å². The molecule has 0 aromatic heterocycles. The smallest absolute Gasteiger partial charge is 0.278 e. The van der Waals surface area contributed by atoms with Gasteiger partial charge in [0.25, 0.3) is 5.69 Å². The van der Waals surface area contributed by atoms with E-state index in [4.69, 9.17) is 11.6 Å². The lowest BCUT2D eigenvalue weighted by atomic mass is 9.96. The predicted molar refractivity (Wildman–Crippen MR) is 101 cm³/mol. The summed E-state index contributed by atoms with van der Waals surface area (Å²) in [5.74, 6) is 0.